The number of ether oxygens (including phenoxy) is 6. The minimum absolute atomic E-state index is 0.0987. The summed E-state index contributed by atoms with van der Waals surface area (Å²) in [5.74, 6) is 2.38. The molecule has 2 aromatic heterocycles. The van der Waals surface area contributed by atoms with Gasteiger partial charge in [-0.05, 0) is 74.0 Å². The van der Waals surface area contributed by atoms with Gasteiger partial charge in [-0.25, -0.2) is 4.39 Å². The first-order valence-electron chi connectivity index (χ1n) is 22.2. The number of hydrogen-bond donors (Lipinski definition) is 2. The molecule has 11 nitrogen and oxygen atoms in total. The van der Waals surface area contributed by atoms with Crippen LogP contribution in [0.3, 0.4) is 0 Å². The first kappa shape index (κ1) is 52.9. The summed E-state index contributed by atoms with van der Waals surface area (Å²) in [6, 6.07) is 43.8. The average molecular weight is 1170 g/mol. The zero-order chi connectivity index (χ0) is 51.7. The van der Waals surface area contributed by atoms with Gasteiger partial charge < -0.3 is 19.7 Å². The summed E-state index contributed by atoms with van der Waals surface area (Å²) >= 11 is -0.775. The number of phenolic OH excluding ortho intramolecular Hbond substituents is 2. The second kappa shape index (κ2) is 23.6. The molecule has 0 saturated carbocycles. The van der Waals surface area contributed by atoms with Crippen LogP contribution in [0, 0.1) is 19.9 Å². The Hall–Kier alpha value is -6.46. The van der Waals surface area contributed by atoms with Gasteiger partial charge >= 0.3 is 251 Å². The maximum Gasteiger partial charge on any atom is 0.189 e. The van der Waals surface area contributed by atoms with Gasteiger partial charge in [0.1, 0.15) is 23.1 Å². The third-order valence-corrected chi connectivity index (χ3v) is 19.6. The number of hydrogen-bond acceptors (Lipinski definition) is 13. The van der Waals surface area contributed by atoms with E-state index in [1.165, 1.54) is 34.8 Å². The molecule has 0 amide bonds. The van der Waals surface area contributed by atoms with Crippen LogP contribution >= 0.6 is 42.9 Å². The van der Waals surface area contributed by atoms with Gasteiger partial charge in [0.2, 0.25) is 0 Å². The quantitative estimate of drug-likeness (QED) is 0.0279. The molecule has 0 aliphatic rings. The predicted octanol–water partition coefficient (Wildman–Crippen LogP) is 15.7. The minimum atomic E-state index is -5.83. The molecule has 0 aliphatic carbocycles. The van der Waals surface area contributed by atoms with E-state index in [9.17, 15) is 36.2 Å². The monoisotopic (exact) mass is 1170 g/mol. The van der Waals surface area contributed by atoms with Crippen LogP contribution in [0.4, 0.5) is 17.6 Å². The average Bonchev–Trinajstić information content (AvgIpc) is 3.91. The van der Waals surface area contributed by atoms with Crippen molar-refractivity contribution in [2.75, 3.05) is 26.8 Å². The summed E-state index contributed by atoms with van der Waals surface area (Å²) < 4.78 is 119. The number of aryl methyl sites for hydroxylation is 1. The topological polar surface area (TPSA) is 139 Å². The van der Waals surface area contributed by atoms with Gasteiger partial charge in [-0.1, -0.05) is 23.5 Å². The molecule has 0 unspecified atom stereocenters. The third-order valence-electron chi connectivity index (χ3n) is 10.5. The molecule has 2 N–H and O–H groups in total. The Morgan fingerprint density at radius 1 is 0.548 bits per heavy atom. The van der Waals surface area contributed by atoms with Crippen LogP contribution < -0.4 is 18.9 Å². The van der Waals surface area contributed by atoms with Gasteiger partial charge in [0, 0.05) is 28.9 Å². The van der Waals surface area contributed by atoms with E-state index >= 15 is 0 Å². The van der Waals surface area contributed by atoms with Crippen molar-refractivity contribution in [1.82, 2.24) is 0 Å². The molecule has 73 heavy (non-hydrogen) atoms. The van der Waals surface area contributed by atoms with E-state index in [2.05, 4.69) is 0 Å². The fourth-order valence-corrected chi connectivity index (χ4v) is 15.6. The number of halogens is 5. The molecule has 0 spiro atoms. The number of alkyl halides is 3. The summed E-state index contributed by atoms with van der Waals surface area (Å²) in [6.07, 6.45) is 0. The maximum absolute atomic E-state index is 13.4. The molecule has 0 bridgehead atoms. The van der Waals surface area contributed by atoms with E-state index in [0.717, 1.165) is 42.4 Å². The van der Waals surface area contributed by atoms with Crippen molar-refractivity contribution in [3.8, 4) is 66.9 Å². The molecule has 19 heteroatoms. The van der Waals surface area contributed by atoms with Crippen molar-refractivity contribution < 1.29 is 67.1 Å². The van der Waals surface area contributed by atoms with Gasteiger partial charge in [-0.2, -0.15) is 0 Å². The smallest absolute Gasteiger partial charge is 0.189 e. The van der Waals surface area contributed by atoms with E-state index in [1.807, 2.05) is 45.0 Å². The molecular weight excluding hydrogens is 1120 g/mol. The standard InChI is InChI=1S/C34H32F3IO8S2.C20H13FO3S/c1-4-41-21-43-27-14-16-28(17-15-27)45-33-32(30-19-18-29(20-31(30)47-33)44-22-42-5-2)24-8-12-26(13-9-24)38(25-10-6-23(3)7-11-25)46-48(39,40)34(35,36)37;21-13-3-1-12(2-4-13)19-17-10-7-15(23)11-18(17)25-20(19)24-16-8-5-14(22)6-9-16/h6-20H,4-5,21-22H2,1-3H3;1-11,22-23H/i;21-1. The molecule has 0 radical (unpaired) electrons. The zero-order valence-electron chi connectivity index (χ0n) is 39.0. The van der Waals surface area contributed by atoms with Crippen LogP contribution in [0.1, 0.15) is 19.4 Å². The number of aromatic hydroxyl groups is 2. The Morgan fingerprint density at radius 2 is 0.986 bits per heavy atom. The van der Waals surface area contributed by atoms with E-state index in [4.69, 9.17) is 30.9 Å². The summed E-state index contributed by atoms with van der Waals surface area (Å²) in [5.41, 5.74) is -1.56. The largest absolute Gasteiger partial charge is 0.508 e. The Morgan fingerprint density at radius 3 is 1.52 bits per heavy atom. The van der Waals surface area contributed by atoms with E-state index in [0.29, 0.717) is 59.0 Å². The van der Waals surface area contributed by atoms with Crippen LogP contribution in [0.15, 0.2) is 158 Å². The van der Waals surface area contributed by atoms with Crippen LogP contribution in [-0.4, -0.2) is 50.9 Å². The molecule has 0 atom stereocenters. The molecule has 0 fully saturated rings. The van der Waals surface area contributed by atoms with Crippen LogP contribution in [0.5, 0.6) is 44.6 Å². The zero-order valence-corrected chi connectivity index (χ0v) is 43.6. The van der Waals surface area contributed by atoms with E-state index in [1.54, 1.807) is 121 Å². The van der Waals surface area contributed by atoms with Crippen molar-refractivity contribution in [3.63, 3.8) is 0 Å². The molecule has 0 aliphatic heterocycles. The predicted molar refractivity (Wildman–Crippen MR) is 284 cm³/mol. The summed E-state index contributed by atoms with van der Waals surface area (Å²) in [6.45, 7) is 6.84. The first-order valence-corrected chi connectivity index (χ1v) is 28.3. The number of benzene rings is 7. The molecular formula is C54H45F4IO11S3. The van der Waals surface area contributed by atoms with E-state index in [-0.39, 0.29) is 30.9 Å². The van der Waals surface area contributed by atoms with E-state index < -0.39 is 35.9 Å². The fraction of sp³-hybridized carbons (Fsp3) is 0.148. The van der Waals surface area contributed by atoms with Gasteiger partial charge in [0.05, 0.1) is 0 Å². The number of thiophene rings is 2. The van der Waals surface area contributed by atoms with Crippen LogP contribution in [-0.2, 0) is 22.1 Å². The van der Waals surface area contributed by atoms with Crippen molar-refractivity contribution in [1.29, 1.82) is 0 Å². The fourth-order valence-electron chi connectivity index (χ4n) is 6.93. The molecule has 7 aromatic carbocycles. The third kappa shape index (κ3) is 13.2. The van der Waals surface area contributed by atoms with Crippen molar-refractivity contribution in [2.45, 2.75) is 26.3 Å². The van der Waals surface area contributed by atoms with Crippen molar-refractivity contribution in [3.05, 3.63) is 176 Å². The second-order valence-corrected chi connectivity index (χ2v) is 24.1. The molecule has 380 valence electrons. The van der Waals surface area contributed by atoms with Gasteiger partial charge in [-0.3, -0.25) is 0 Å². The Balaban J connectivity index is 0.000000237. The minimum Gasteiger partial charge on any atom is -0.508 e. The molecule has 0 saturated heterocycles. The van der Waals surface area contributed by atoms with Crippen molar-refractivity contribution in [2.24, 2.45) is 0 Å². The van der Waals surface area contributed by atoms with Gasteiger partial charge in [0.15, 0.2) is 11.9 Å². The summed E-state index contributed by atoms with van der Waals surface area (Å²) in [4.78, 5) is 0. The Labute approximate surface area is 433 Å². The van der Waals surface area contributed by atoms with Crippen molar-refractivity contribution >= 4 is 73.2 Å². The normalized spacial score (nSPS) is 11.8. The Kier molecular flexibility index (Phi) is 17.1. The molecule has 2 heterocycles. The van der Waals surface area contributed by atoms with Crippen LogP contribution in [0.2, 0.25) is 0 Å². The maximum atomic E-state index is 13.4. The summed E-state index contributed by atoms with van der Waals surface area (Å²) in [5, 5.41) is 22.1. The second-order valence-electron chi connectivity index (χ2n) is 15.6. The SMILES string of the molecule is CCOCOc1ccc(Oc2sc3cc(OCOCC)ccc3c2-c2ccc(I(OS(=O)(=O)C(F)(F)F)c3ccc(C)cc3)cc2)cc1.Oc1ccc(Oc2sc3cc(O)ccc3c2-c2ccc([18F])cc2)cc1. The number of fused-ring (bicyclic) bond motifs is 2. The van der Waals surface area contributed by atoms with Gasteiger partial charge in [-0.15, -0.1) is 0 Å². The first-order chi connectivity index (χ1) is 35.1. The Bertz CT molecular complexity index is 3390. The summed E-state index contributed by atoms with van der Waals surface area (Å²) in [7, 11) is -5.83. The number of phenols is 2. The number of rotatable bonds is 18. The molecule has 9 aromatic rings. The molecule has 9 rings (SSSR count). The van der Waals surface area contributed by atoms with Crippen LogP contribution in [0.25, 0.3) is 42.4 Å². The van der Waals surface area contributed by atoms with Gasteiger partial charge in [0.25, 0.3) is 0 Å².